The van der Waals surface area contributed by atoms with Crippen LogP contribution < -0.4 is 15.8 Å². The Hall–Kier alpha value is -2.90. The van der Waals surface area contributed by atoms with E-state index >= 15 is 0 Å². The number of nitrogens with zero attached hydrogens (tertiary/aromatic N) is 3. The molecule has 0 fully saturated rings. The van der Waals surface area contributed by atoms with E-state index in [4.69, 9.17) is 10.5 Å². The Kier molecular flexibility index (Phi) is 5.29. The Morgan fingerprint density at radius 3 is 2.78 bits per heavy atom. The summed E-state index contributed by atoms with van der Waals surface area (Å²) >= 11 is 0. The number of benzene rings is 1. The number of anilines is 2. The van der Waals surface area contributed by atoms with E-state index in [1.54, 1.807) is 0 Å². The highest BCUT2D eigenvalue weighted by atomic mass is 16.6. The molecule has 122 valence electrons. The zero-order valence-corrected chi connectivity index (χ0v) is 13.0. The molecule has 0 amide bonds. The number of nitrogen functional groups attached to an aromatic ring is 1. The molecule has 0 aliphatic carbocycles. The number of para-hydroxylation sites is 1. The van der Waals surface area contributed by atoms with Crippen molar-refractivity contribution in [3.63, 3.8) is 0 Å². The monoisotopic (exact) mass is 317 g/mol. The van der Waals surface area contributed by atoms with Crippen LogP contribution in [-0.2, 0) is 0 Å². The Bertz CT molecular complexity index is 693. The maximum absolute atomic E-state index is 10.7. The number of hydrogen-bond donors (Lipinski definition) is 2. The second kappa shape index (κ2) is 7.39. The first-order valence-corrected chi connectivity index (χ1v) is 7.24. The molecule has 0 saturated carbocycles. The summed E-state index contributed by atoms with van der Waals surface area (Å²) < 4.78 is 5.95. The summed E-state index contributed by atoms with van der Waals surface area (Å²) in [6, 6.07) is 7.77. The van der Waals surface area contributed by atoms with E-state index in [2.05, 4.69) is 15.3 Å². The van der Waals surface area contributed by atoms with Gasteiger partial charge in [0.1, 0.15) is 18.1 Å². The first-order valence-electron chi connectivity index (χ1n) is 7.24. The van der Waals surface area contributed by atoms with E-state index in [-0.39, 0.29) is 23.6 Å². The molecule has 0 saturated heterocycles. The van der Waals surface area contributed by atoms with Crippen molar-refractivity contribution in [1.29, 1.82) is 0 Å². The summed E-state index contributed by atoms with van der Waals surface area (Å²) in [5.74, 6) is 0.894. The molecule has 8 nitrogen and oxygen atoms in total. The standard InChI is InChI=1S/C15H19N5O3/c1-3-11(23-13-7-5-4-6-10(13)2)8-17-15-18-9-12(20(21)22)14(16)19-15/h4-7,9,11H,3,8H2,1-2H3,(H3,16,17,18,19). The zero-order chi connectivity index (χ0) is 16.8. The van der Waals surface area contributed by atoms with Crippen molar-refractivity contribution < 1.29 is 9.66 Å². The van der Waals surface area contributed by atoms with Crippen LogP contribution in [0.5, 0.6) is 5.75 Å². The molecule has 0 radical (unpaired) electrons. The normalized spacial score (nSPS) is 11.7. The van der Waals surface area contributed by atoms with Crippen LogP contribution in [0.3, 0.4) is 0 Å². The van der Waals surface area contributed by atoms with E-state index in [0.717, 1.165) is 23.9 Å². The van der Waals surface area contributed by atoms with E-state index in [1.165, 1.54) is 0 Å². The van der Waals surface area contributed by atoms with Crippen LogP contribution in [0.15, 0.2) is 30.5 Å². The predicted molar refractivity (Wildman–Crippen MR) is 87.5 cm³/mol. The lowest BCUT2D eigenvalue weighted by Crippen LogP contribution is -2.26. The van der Waals surface area contributed by atoms with Gasteiger partial charge in [-0.25, -0.2) is 4.98 Å². The fourth-order valence-electron chi connectivity index (χ4n) is 1.96. The van der Waals surface area contributed by atoms with Gasteiger partial charge in [0.2, 0.25) is 11.8 Å². The summed E-state index contributed by atoms with van der Waals surface area (Å²) in [6.07, 6.45) is 1.79. The van der Waals surface area contributed by atoms with Crippen molar-refractivity contribution >= 4 is 17.5 Å². The van der Waals surface area contributed by atoms with Crippen LogP contribution >= 0.6 is 0 Å². The van der Waals surface area contributed by atoms with Crippen molar-refractivity contribution in [2.45, 2.75) is 26.4 Å². The summed E-state index contributed by atoms with van der Waals surface area (Å²) in [7, 11) is 0. The third-order valence-corrected chi connectivity index (χ3v) is 3.33. The van der Waals surface area contributed by atoms with Crippen molar-refractivity contribution in [3.8, 4) is 5.75 Å². The summed E-state index contributed by atoms with van der Waals surface area (Å²) in [5.41, 5.74) is 6.29. The van der Waals surface area contributed by atoms with Crippen LogP contribution in [0.25, 0.3) is 0 Å². The molecule has 1 aromatic carbocycles. The lowest BCUT2D eigenvalue weighted by Gasteiger charge is -2.19. The Morgan fingerprint density at radius 1 is 1.43 bits per heavy atom. The fourth-order valence-corrected chi connectivity index (χ4v) is 1.96. The van der Waals surface area contributed by atoms with Gasteiger partial charge in [-0.15, -0.1) is 0 Å². The summed E-state index contributed by atoms with van der Waals surface area (Å²) in [6.45, 7) is 4.45. The van der Waals surface area contributed by atoms with Gasteiger partial charge >= 0.3 is 5.69 Å². The van der Waals surface area contributed by atoms with Gasteiger partial charge in [-0.1, -0.05) is 25.1 Å². The smallest absolute Gasteiger partial charge is 0.329 e. The molecular weight excluding hydrogens is 298 g/mol. The van der Waals surface area contributed by atoms with E-state index in [0.29, 0.717) is 6.54 Å². The Balaban J connectivity index is 1.99. The first kappa shape index (κ1) is 16.5. The molecule has 1 heterocycles. The molecule has 2 aromatic rings. The van der Waals surface area contributed by atoms with Gasteiger partial charge in [-0.3, -0.25) is 10.1 Å². The quantitative estimate of drug-likeness (QED) is 0.595. The topological polar surface area (TPSA) is 116 Å². The minimum atomic E-state index is -0.616. The molecule has 0 bridgehead atoms. The Morgan fingerprint density at radius 2 is 2.17 bits per heavy atom. The van der Waals surface area contributed by atoms with Gasteiger partial charge in [-0.2, -0.15) is 4.98 Å². The van der Waals surface area contributed by atoms with E-state index in [1.807, 2.05) is 38.1 Å². The molecule has 1 unspecified atom stereocenters. The van der Waals surface area contributed by atoms with Crippen LogP contribution in [0.2, 0.25) is 0 Å². The van der Waals surface area contributed by atoms with Gasteiger partial charge in [-0.05, 0) is 25.0 Å². The number of rotatable bonds is 7. The van der Waals surface area contributed by atoms with Gasteiger partial charge in [0.05, 0.1) is 11.5 Å². The third-order valence-electron chi connectivity index (χ3n) is 3.33. The maximum atomic E-state index is 10.7. The molecule has 23 heavy (non-hydrogen) atoms. The molecule has 2 rings (SSSR count). The van der Waals surface area contributed by atoms with Crippen LogP contribution in [0.1, 0.15) is 18.9 Å². The van der Waals surface area contributed by atoms with Crippen molar-refractivity contribution in [1.82, 2.24) is 9.97 Å². The van der Waals surface area contributed by atoms with E-state index in [9.17, 15) is 10.1 Å². The molecular formula is C15H19N5O3. The van der Waals surface area contributed by atoms with Crippen molar-refractivity contribution in [2.24, 2.45) is 0 Å². The highest BCUT2D eigenvalue weighted by Gasteiger charge is 2.15. The number of hydrogen-bond acceptors (Lipinski definition) is 7. The largest absolute Gasteiger partial charge is 0.488 e. The van der Waals surface area contributed by atoms with Gasteiger partial charge in [0.15, 0.2) is 0 Å². The van der Waals surface area contributed by atoms with Gasteiger partial charge in [0.25, 0.3) is 0 Å². The maximum Gasteiger partial charge on any atom is 0.329 e. The van der Waals surface area contributed by atoms with Crippen LogP contribution in [0.4, 0.5) is 17.5 Å². The second-order valence-corrected chi connectivity index (χ2v) is 5.02. The highest BCUT2D eigenvalue weighted by Crippen LogP contribution is 2.20. The van der Waals surface area contributed by atoms with Gasteiger partial charge in [0, 0.05) is 0 Å². The molecule has 0 spiro atoms. The number of aryl methyl sites for hydroxylation is 1. The molecule has 3 N–H and O–H groups in total. The molecule has 1 aromatic heterocycles. The lowest BCUT2D eigenvalue weighted by molar-refractivity contribution is -0.384. The minimum Gasteiger partial charge on any atom is -0.488 e. The number of nitrogens with two attached hydrogens (primary N) is 1. The average Bonchev–Trinajstić information content (AvgIpc) is 2.52. The number of nitro groups is 1. The lowest BCUT2D eigenvalue weighted by atomic mass is 10.2. The van der Waals surface area contributed by atoms with Crippen LogP contribution in [-0.4, -0.2) is 27.5 Å². The molecule has 0 aliphatic rings. The second-order valence-electron chi connectivity index (χ2n) is 5.02. The minimum absolute atomic E-state index is 0.0869. The Labute approximate surface area is 133 Å². The highest BCUT2D eigenvalue weighted by molar-refractivity contribution is 5.53. The van der Waals surface area contributed by atoms with Crippen LogP contribution in [0, 0.1) is 17.0 Å². The number of nitrogens with one attached hydrogen (secondary N) is 1. The number of ether oxygens (including phenoxy) is 1. The predicted octanol–water partition coefficient (Wildman–Crippen LogP) is 2.54. The number of aromatic nitrogens is 2. The van der Waals surface area contributed by atoms with E-state index < -0.39 is 4.92 Å². The SMILES string of the molecule is CCC(CNc1ncc([N+](=O)[O-])c(N)n1)Oc1ccccc1C. The fraction of sp³-hybridized carbons (Fsp3) is 0.333. The molecule has 8 heteroatoms. The third kappa shape index (κ3) is 4.29. The van der Waals surface area contributed by atoms with Gasteiger partial charge < -0.3 is 15.8 Å². The van der Waals surface area contributed by atoms with Crippen molar-refractivity contribution in [2.75, 3.05) is 17.6 Å². The summed E-state index contributed by atoms with van der Waals surface area (Å²) in [5, 5.41) is 13.7. The summed E-state index contributed by atoms with van der Waals surface area (Å²) in [4.78, 5) is 17.8. The van der Waals surface area contributed by atoms with Crippen molar-refractivity contribution in [3.05, 3.63) is 46.1 Å². The zero-order valence-electron chi connectivity index (χ0n) is 13.0. The average molecular weight is 317 g/mol. The first-order chi connectivity index (χ1) is 11.0. The molecule has 1 atom stereocenters. The molecule has 0 aliphatic heterocycles.